The number of ketones is 1. The number of aromatic nitrogens is 3. The minimum absolute atomic E-state index is 0.0343. The first-order chi connectivity index (χ1) is 15.2. The number of benzene rings is 3. The summed E-state index contributed by atoms with van der Waals surface area (Å²) in [6.45, 7) is 0. The highest BCUT2D eigenvalue weighted by Crippen LogP contribution is 2.15. The van der Waals surface area contributed by atoms with E-state index in [2.05, 4.69) is 15.4 Å². The summed E-state index contributed by atoms with van der Waals surface area (Å²) in [6.07, 6.45) is 3.19. The Hall–Kier alpha value is -4.32. The molecule has 0 spiro atoms. The molecule has 3 aromatic carbocycles. The van der Waals surface area contributed by atoms with Crippen LogP contribution in [0, 0.1) is 0 Å². The molecule has 0 aliphatic rings. The quantitative estimate of drug-likeness (QED) is 0.364. The van der Waals surface area contributed by atoms with E-state index >= 15 is 0 Å². The van der Waals surface area contributed by atoms with Gasteiger partial charge in [0.25, 0.3) is 5.91 Å². The van der Waals surface area contributed by atoms with Gasteiger partial charge in [0.15, 0.2) is 11.6 Å². The summed E-state index contributed by atoms with van der Waals surface area (Å²) >= 11 is 0. The molecule has 31 heavy (non-hydrogen) atoms. The topological polar surface area (TPSA) is 76.9 Å². The number of rotatable bonds is 7. The number of amides is 1. The Labute approximate surface area is 179 Å². The van der Waals surface area contributed by atoms with Crippen LogP contribution >= 0.6 is 0 Å². The second-order valence-corrected chi connectivity index (χ2v) is 6.80. The molecule has 0 aliphatic heterocycles. The van der Waals surface area contributed by atoms with Crippen molar-refractivity contribution in [3.63, 3.8) is 0 Å². The van der Waals surface area contributed by atoms with Crippen LogP contribution in [0.5, 0.6) is 0 Å². The fraction of sp³-hybridized carbons (Fsp3) is 0.0400. The number of hydrogen-bond acceptors (Lipinski definition) is 4. The highest BCUT2D eigenvalue weighted by atomic mass is 16.1. The van der Waals surface area contributed by atoms with E-state index in [0.717, 1.165) is 11.3 Å². The van der Waals surface area contributed by atoms with Crippen molar-refractivity contribution >= 4 is 23.7 Å². The summed E-state index contributed by atoms with van der Waals surface area (Å²) in [5.74, 6) is 0.159. The van der Waals surface area contributed by atoms with E-state index in [4.69, 9.17) is 0 Å². The normalized spacial score (nSPS) is 10.8. The zero-order valence-electron chi connectivity index (χ0n) is 16.7. The molecule has 0 saturated heterocycles. The van der Waals surface area contributed by atoms with Crippen molar-refractivity contribution in [2.24, 2.45) is 0 Å². The van der Waals surface area contributed by atoms with E-state index in [1.807, 2.05) is 78.9 Å². The maximum Gasteiger partial charge on any atom is 0.250 e. The fourth-order valence-corrected chi connectivity index (χ4v) is 3.02. The van der Waals surface area contributed by atoms with Crippen molar-refractivity contribution in [1.82, 2.24) is 14.8 Å². The SMILES string of the molecule is O=C(/C=C/c1ccccc1)Nc1nc(CC(=O)c2ccccc2)nn1-c1ccccc1. The molecule has 1 heterocycles. The largest absolute Gasteiger partial charge is 0.294 e. The first kappa shape index (κ1) is 20.0. The van der Waals surface area contributed by atoms with Gasteiger partial charge in [-0.15, -0.1) is 5.10 Å². The third-order valence-electron chi connectivity index (χ3n) is 4.53. The smallest absolute Gasteiger partial charge is 0.250 e. The van der Waals surface area contributed by atoms with Crippen LogP contribution in [0.3, 0.4) is 0 Å². The molecule has 0 saturated carbocycles. The van der Waals surface area contributed by atoms with Crippen LogP contribution in [0.15, 0.2) is 97.1 Å². The third-order valence-corrected chi connectivity index (χ3v) is 4.53. The van der Waals surface area contributed by atoms with Crippen molar-refractivity contribution in [3.05, 3.63) is 114 Å². The van der Waals surface area contributed by atoms with Crippen molar-refractivity contribution in [1.29, 1.82) is 0 Å². The molecule has 0 aliphatic carbocycles. The maximum absolute atomic E-state index is 12.6. The van der Waals surface area contributed by atoms with Crippen molar-refractivity contribution in [3.8, 4) is 5.69 Å². The van der Waals surface area contributed by atoms with E-state index in [9.17, 15) is 9.59 Å². The van der Waals surface area contributed by atoms with Gasteiger partial charge in [-0.3, -0.25) is 14.9 Å². The van der Waals surface area contributed by atoms with Gasteiger partial charge in [0.05, 0.1) is 12.1 Å². The Morgan fingerprint density at radius 3 is 2.13 bits per heavy atom. The van der Waals surface area contributed by atoms with Gasteiger partial charge in [-0.1, -0.05) is 78.9 Å². The molecule has 1 amide bonds. The van der Waals surface area contributed by atoms with Gasteiger partial charge in [0.2, 0.25) is 5.95 Å². The van der Waals surface area contributed by atoms with Crippen molar-refractivity contribution < 1.29 is 9.59 Å². The van der Waals surface area contributed by atoms with Gasteiger partial charge in [0, 0.05) is 11.6 Å². The van der Waals surface area contributed by atoms with Crippen LogP contribution in [0.2, 0.25) is 0 Å². The van der Waals surface area contributed by atoms with E-state index < -0.39 is 0 Å². The highest BCUT2D eigenvalue weighted by molar-refractivity contribution is 6.01. The van der Waals surface area contributed by atoms with Gasteiger partial charge < -0.3 is 0 Å². The number of Topliss-reactive ketones (excluding diaryl/α,β-unsaturated/α-hetero) is 1. The predicted octanol–water partition coefficient (Wildman–Crippen LogP) is 4.34. The summed E-state index contributed by atoms with van der Waals surface area (Å²) < 4.78 is 1.53. The Balaban J connectivity index is 1.57. The van der Waals surface area contributed by atoms with Crippen LogP contribution < -0.4 is 5.32 Å². The number of nitrogens with zero attached hydrogens (tertiary/aromatic N) is 3. The van der Waals surface area contributed by atoms with Crippen LogP contribution in [-0.2, 0) is 11.2 Å². The van der Waals surface area contributed by atoms with Crippen LogP contribution in [0.4, 0.5) is 5.95 Å². The summed E-state index contributed by atoms with van der Waals surface area (Å²) in [4.78, 5) is 29.5. The van der Waals surface area contributed by atoms with Crippen LogP contribution in [0.1, 0.15) is 21.7 Å². The second-order valence-electron chi connectivity index (χ2n) is 6.80. The Morgan fingerprint density at radius 1 is 0.839 bits per heavy atom. The fourth-order valence-electron chi connectivity index (χ4n) is 3.02. The van der Waals surface area contributed by atoms with E-state index in [-0.39, 0.29) is 24.1 Å². The van der Waals surface area contributed by atoms with Gasteiger partial charge in [0.1, 0.15) is 0 Å². The van der Waals surface area contributed by atoms with E-state index in [0.29, 0.717) is 11.4 Å². The lowest BCUT2D eigenvalue weighted by molar-refractivity contribution is -0.111. The second kappa shape index (κ2) is 9.45. The number of nitrogens with one attached hydrogen (secondary N) is 1. The number of hydrogen-bond donors (Lipinski definition) is 1. The zero-order chi connectivity index (χ0) is 21.5. The molecule has 152 valence electrons. The molecular weight excluding hydrogens is 388 g/mol. The van der Waals surface area contributed by atoms with Crippen molar-refractivity contribution in [2.45, 2.75) is 6.42 Å². The van der Waals surface area contributed by atoms with Crippen LogP contribution in [-0.4, -0.2) is 26.5 Å². The average molecular weight is 408 g/mol. The van der Waals surface area contributed by atoms with Gasteiger partial charge in [-0.25, -0.2) is 0 Å². The number of carbonyl (C=O) groups excluding carboxylic acids is 2. The average Bonchev–Trinajstić information content (AvgIpc) is 3.21. The number of para-hydroxylation sites is 1. The molecule has 4 rings (SSSR count). The molecule has 6 heteroatoms. The summed E-state index contributed by atoms with van der Waals surface area (Å²) in [6, 6.07) is 27.9. The van der Waals surface area contributed by atoms with Gasteiger partial charge in [-0.2, -0.15) is 9.67 Å². The molecule has 4 aromatic rings. The minimum Gasteiger partial charge on any atom is -0.294 e. The Kier molecular flexibility index (Phi) is 6.09. The van der Waals surface area contributed by atoms with E-state index in [1.165, 1.54) is 10.8 Å². The molecule has 0 unspecified atom stereocenters. The molecule has 1 N–H and O–H groups in total. The Morgan fingerprint density at radius 2 is 1.45 bits per heavy atom. The summed E-state index contributed by atoms with van der Waals surface area (Å²) in [7, 11) is 0. The number of carbonyl (C=O) groups is 2. The number of anilines is 1. The molecular formula is C25H20N4O2. The van der Waals surface area contributed by atoms with Gasteiger partial charge >= 0.3 is 0 Å². The molecule has 1 aromatic heterocycles. The lowest BCUT2D eigenvalue weighted by Crippen LogP contribution is -2.13. The molecule has 0 radical (unpaired) electrons. The van der Waals surface area contributed by atoms with Gasteiger partial charge in [-0.05, 0) is 23.8 Å². The first-order valence-electron chi connectivity index (χ1n) is 9.83. The lowest BCUT2D eigenvalue weighted by Gasteiger charge is -2.05. The first-order valence-corrected chi connectivity index (χ1v) is 9.83. The third kappa shape index (κ3) is 5.19. The summed E-state index contributed by atoms with van der Waals surface area (Å²) in [5, 5.41) is 7.23. The summed E-state index contributed by atoms with van der Waals surface area (Å²) in [5.41, 5.74) is 2.24. The molecule has 6 nitrogen and oxygen atoms in total. The molecule has 0 bridgehead atoms. The Bertz CT molecular complexity index is 1200. The molecule has 0 fully saturated rings. The van der Waals surface area contributed by atoms with E-state index in [1.54, 1.807) is 18.2 Å². The van der Waals surface area contributed by atoms with Crippen LogP contribution in [0.25, 0.3) is 11.8 Å². The zero-order valence-corrected chi connectivity index (χ0v) is 16.7. The molecule has 0 atom stereocenters. The minimum atomic E-state index is -0.339. The highest BCUT2D eigenvalue weighted by Gasteiger charge is 2.16. The van der Waals surface area contributed by atoms with Crippen molar-refractivity contribution in [2.75, 3.05) is 5.32 Å². The monoisotopic (exact) mass is 408 g/mol. The standard InChI is InChI=1S/C25H20N4O2/c30-22(20-12-6-2-7-13-20)18-23-26-25(29(28-23)21-14-8-3-9-15-21)27-24(31)17-16-19-10-4-1-5-11-19/h1-17H,18H2,(H,26,27,28,31)/b17-16+. The lowest BCUT2D eigenvalue weighted by atomic mass is 10.1. The predicted molar refractivity (Wildman–Crippen MR) is 120 cm³/mol. The maximum atomic E-state index is 12.6.